The van der Waals surface area contributed by atoms with Crippen molar-refractivity contribution in [3.63, 3.8) is 0 Å². The molecule has 0 heterocycles. The molecule has 2 N–H and O–H groups in total. The van der Waals surface area contributed by atoms with Crippen LogP contribution in [0.3, 0.4) is 0 Å². The Bertz CT molecular complexity index is 416. The molecule has 0 aliphatic carbocycles. The van der Waals surface area contributed by atoms with E-state index in [-0.39, 0.29) is 33.9 Å². The van der Waals surface area contributed by atoms with E-state index in [4.69, 9.17) is 9.47 Å². The number of alkyl halides is 1. The van der Waals surface area contributed by atoms with Crippen LogP contribution in [-0.2, 0) is 0 Å². The lowest BCUT2D eigenvalue weighted by molar-refractivity contribution is 0.101. The number of phenolic OH excluding ortho intramolecular Hbond substituents is 2. The van der Waals surface area contributed by atoms with E-state index in [1.165, 1.54) is 20.3 Å². The SMILES string of the molecule is COc1cc(O)c(OC)c(O)c1C(=O)CBr. The number of hydrogen-bond acceptors (Lipinski definition) is 5. The second-order valence-corrected chi connectivity index (χ2v) is 3.47. The highest BCUT2D eigenvalue weighted by Crippen LogP contribution is 2.43. The van der Waals surface area contributed by atoms with Gasteiger partial charge in [0.1, 0.15) is 11.3 Å². The Labute approximate surface area is 101 Å². The normalized spacial score (nSPS) is 9.94. The number of carbonyl (C=O) groups is 1. The van der Waals surface area contributed by atoms with Crippen LogP contribution < -0.4 is 9.47 Å². The maximum absolute atomic E-state index is 11.6. The summed E-state index contributed by atoms with van der Waals surface area (Å²) in [6.45, 7) is 0. The number of rotatable bonds is 4. The zero-order chi connectivity index (χ0) is 12.3. The number of benzene rings is 1. The second-order valence-electron chi connectivity index (χ2n) is 2.91. The number of hydrogen-bond donors (Lipinski definition) is 2. The fraction of sp³-hybridized carbons (Fsp3) is 0.300. The van der Waals surface area contributed by atoms with E-state index in [2.05, 4.69) is 15.9 Å². The maximum atomic E-state index is 11.6. The van der Waals surface area contributed by atoms with Crippen LogP contribution in [0.4, 0.5) is 0 Å². The molecule has 0 bridgehead atoms. The van der Waals surface area contributed by atoms with Crippen LogP contribution in [0.15, 0.2) is 6.07 Å². The Morgan fingerprint density at radius 3 is 2.44 bits per heavy atom. The van der Waals surface area contributed by atoms with Crippen LogP contribution in [0.5, 0.6) is 23.0 Å². The van der Waals surface area contributed by atoms with Gasteiger partial charge in [-0.2, -0.15) is 0 Å². The monoisotopic (exact) mass is 290 g/mol. The van der Waals surface area contributed by atoms with Gasteiger partial charge in [-0.3, -0.25) is 4.79 Å². The van der Waals surface area contributed by atoms with Crippen molar-refractivity contribution in [2.24, 2.45) is 0 Å². The molecule has 0 unspecified atom stereocenters. The molecule has 1 rings (SSSR count). The van der Waals surface area contributed by atoms with Crippen molar-refractivity contribution < 1.29 is 24.5 Å². The highest BCUT2D eigenvalue weighted by atomic mass is 79.9. The average molecular weight is 291 g/mol. The molecule has 0 atom stereocenters. The molecule has 88 valence electrons. The van der Waals surface area contributed by atoms with Crippen molar-refractivity contribution in [3.05, 3.63) is 11.6 Å². The van der Waals surface area contributed by atoms with Crippen molar-refractivity contribution in [2.75, 3.05) is 19.5 Å². The molecule has 0 aromatic heterocycles. The molecule has 1 aromatic carbocycles. The topological polar surface area (TPSA) is 76.0 Å². The zero-order valence-corrected chi connectivity index (χ0v) is 10.4. The minimum atomic E-state index is -0.427. The first kappa shape index (κ1) is 12.6. The van der Waals surface area contributed by atoms with Crippen molar-refractivity contribution in [1.82, 2.24) is 0 Å². The van der Waals surface area contributed by atoms with E-state index in [9.17, 15) is 15.0 Å². The van der Waals surface area contributed by atoms with E-state index >= 15 is 0 Å². The number of carbonyl (C=O) groups excluding carboxylic acids is 1. The van der Waals surface area contributed by atoms with Gasteiger partial charge in [-0.1, -0.05) is 15.9 Å². The molecule has 0 amide bonds. The number of ether oxygens (including phenoxy) is 2. The Morgan fingerprint density at radius 1 is 1.38 bits per heavy atom. The Hall–Kier alpha value is -1.43. The lowest BCUT2D eigenvalue weighted by Gasteiger charge is -2.13. The molecular weight excluding hydrogens is 280 g/mol. The van der Waals surface area contributed by atoms with Crippen LogP contribution >= 0.6 is 15.9 Å². The van der Waals surface area contributed by atoms with E-state index < -0.39 is 5.75 Å². The van der Waals surface area contributed by atoms with Crippen molar-refractivity contribution in [1.29, 1.82) is 0 Å². The molecule has 0 fully saturated rings. The summed E-state index contributed by atoms with van der Waals surface area (Å²) in [5, 5.41) is 19.3. The number of phenols is 2. The Kier molecular flexibility index (Phi) is 4.00. The summed E-state index contributed by atoms with van der Waals surface area (Å²) in [5.41, 5.74) is -0.0194. The van der Waals surface area contributed by atoms with Gasteiger partial charge in [-0.05, 0) is 0 Å². The largest absolute Gasteiger partial charge is 0.504 e. The third kappa shape index (κ3) is 2.06. The molecule has 0 aliphatic rings. The first-order valence-corrected chi connectivity index (χ1v) is 5.45. The van der Waals surface area contributed by atoms with Crippen LogP contribution in [0.2, 0.25) is 0 Å². The van der Waals surface area contributed by atoms with Gasteiger partial charge in [0.15, 0.2) is 17.3 Å². The number of Topliss-reactive ketones (excluding diaryl/α,β-unsaturated/α-hetero) is 1. The standard InChI is InChI=1S/C10H11BrO5/c1-15-7-3-5(12)10(16-2)9(14)8(7)6(13)4-11/h3,12,14H,4H2,1-2H3. The molecule has 0 spiro atoms. The Balaban J connectivity index is 3.49. The summed E-state index contributed by atoms with van der Waals surface area (Å²) in [6, 6.07) is 1.22. The molecule has 16 heavy (non-hydrogen) atoms. The fourth-order valence-corrected chi connectivity index (χ4v) is 1.59. The predicted molar refractivity (Wildman–Crippen MR) is 61.0 cm³/mol. The molecule has 5 nitrogen and oxygen atoms in total. The third-order valence-electron chi connectivity index (χ3n) is 2.02. The van der Waals surface area contributed by atoms with E-state index in [0.717, 1.165) is 0 Å². The summed E-state index contributed by atoms with van der Waals surface area (Å²) in [5.74, 6) is -1.13. The number of halogens is 1. The fourth-order valence-electron chi connectivity index (χ4n) is 1.31. The van der Waals surface area contributed by atoms with Gasteiger partial charge in [0.2, 0.25) is 5.75 Å². The van der Waals surface area contributed by atoms with Gasteiger partial charge in [0, 0.05) is 6.07 Å². The highest BCUT2D eigenvalue weighted by Gasteiger charge is 2.23. The number of aromatic hydroxyl groups is 2. The highest BCUT2D eigenvalue weighted by molar-refractivity contribution is 9.09. The lowest BCUT2D eigenvalue weighted by atomic mass is 10.1. The molecule has 0 saturated heterocycles. The third-order valence-corrected chi connectivity index (χ3v) is 2.53. The van der Waals surface area contributed by atoms with E-state index in [1.54, 1.807) is 0 Å². The van der Waals surface area contributed by atoms with Crippen molar-refractivity contribution in [2.45, 2.75) is 0 Å². The predicted octanol–water partition coefficient (Wildman–Crippen LogP) is 1.69. The summed E-state index contributed by atoms with van der Waals surface area (Å²) in [6.07, 6.45) is 0. The van der Waals surface area contributed by atoms with Gasteiger partial charge in [-0.25, -0.2) is 0 Å². The first-order chi connectivity index (χ1) is 7.56. The van der Waals surface area contributed by atoms with E-state index in [0.29, 0.717) is 0 Å². The quantitative estimate of drug-likeness (QED) is 0.652. The summed E-state index contributed by atoms with van der Waals surface area (Å²) in [4.78, 5) is 11.6. The molecule has 1 aromatic rings. The lowest BCUT2D eigenvalue weighted by Crippen LogP contribution is -2.04. The Morgan fingerprint density at radius 2 is 2.00 bits per heavy atom. The van der Waals surface area contributed by atoms with Gasteiger partial charge >= 0.3 is 0 Å². The maximum Gasteiger partial charge on any atom is 0.203 e. The van der Waals surface area contributed by atoms with Gasteiger partial charge in [-0.15, -0.1) is 0 Å². The molecular formula is C10H11BrO5. The number of methoxy groups -OCH3 is 2. The van der Waals surface area contributed by atoms with Gasteiger partial charge < -0.3 is 19.7 Å². The minimum Gasteiger partial charge on any atom is -0.504 e. The number of ketones is 1. The van der Waals surface area contributed by atoms with Crippen molar-refractivity contribution >= 4 is 21.7 Å². The van der Waals surface area contributed by atoms with Crippen LogP contribution in [0.1, 0.15) is 10.4 Å². The van der Waals surface area contributed by atoms with Crippen molar-refractivity contribution in [3.8, 4) is 23.0 Å². The van der Waals surface area contributed by atoms with Crippen LogP contribution in [-0.4, -0.2) is 35.5 Å². The van der Waals surface area contributed by atoms with E-state index in [1.807, 2.05) is 0 Å². The minimum absolute atomic E-state index is 0.0194. The summed E-state index contributed by atoms with van der Waals surface area (Å²) < 4.78 is 9.70. The molecule has 6 heteroatoms. The summed E-state index contributed by atoms with van der Waals surface area (Å²) in [7, 11) is 2.62. The summed E-state index contributed by atoms with van der Waals surface area (Å²) >= 11 is 2.99. The van der Waals surface area contributed by atoms with Gasteiger partial charge in [0.25, 0.3) is 0 Å². The first-order valence-electron chi connectivity index (χ1n) is 4.32. The van der Waals surface area contributed by atoms with Gasteiger partial charge in [0.05, 0.1) is 19.5 Å². The molecule has 0 aliphatic heterocycles. The second kappa shape index (κ2) is 5.07. The average Bonchev–Trinajstić information content (AvgIpc) is 2.27. The van der Waals surface area contributed by atoms with Crippen LogP contribution in [0.25, 0.3) is 0 Å². The molecule has 0 saturated carbocycles. The zero-order valence-electron chi connectivity index (χ0n) is 8.78. The smallest absolute Gasteiger partial charge is 0.203 e. The van der Waals surface area contributed by atoms with Crippen LogP contribution in [0, 0.1) is 0 Å². The molecule has 0 radical (unpaired) electrons.